The summed E-state index contributed by atoms with van der Waals surface area (Å²) in [7, 11) is 1.69. The maximum atomic E-state index is 13.2. The van der Waals surface area contributed by atoms with Gasteiger partial charge in [0.05, 0.1) is 31.0 Å². The van der Waals surface area contributed by atoms with Crippen molar-refractivity contribution in [2.45, 2.75) is 24.8 Å². The fourth-order valence-corrected chi connectivity index (χ4v) is 4.70. The summed E-state index contributed by atoms with van der Waals surface area (Å²) in [5.41, 5.74) is 0.711. The summed E-state index contributed by atoms with van der Waals surface area (Å²) >= 11 is 0. The Morgan fingerprint density at radius 2 is 2.14 bits per heavy atom. The average Bonchev–Trinajstić information content (AvgIpc) is 3.46. The first-order valence-electron chi connectivity index (χ1n) is 9.51. The van der Waals surface area contributed by atoms with Gasteiger partial charge in [-0.15, -0.1) is 0 Å². The van der Waals surface area contributed by atoms with E-state index in [4.69, 9.17) is 9.26 Å². The van der Waals surface area contributed by atoms with Crippen LogP contribution in [0, 0.1) is 17.7 Å². The normalized spacial score (nSPS) is 29.5. The van der Waals surface area contributed by atoms with Gasteiger partial charge in [-0.25, -0.2) is 4.39 Å². The van der Waals surface area contributed by atoms with Crippen LogP contribution in [0.2, 0.25) is 0 Å². The molecule has 1 aromatic carbocycles. The van der Waals surface area contributed by atoms with Gasteiger partial charge in [-0.05, 0) is 17.7 Å². The zero-order valence-corrected chi connectivity index (χ0v) is 15.8. The number of aromatic nitrogens is 1. The minimum absolute atomic E-state index is 0.102. The number of nitrogens with zero attached hydrogens (tertiary/aromatic N) is 3. The number of halogens is 1. The quantitative estimate of drug-likeness (QED) is 0.719. The van der Waals surface area contributed by atoms with E-state index in [0.29, 0.717) is 25.3 Å². The number of ether oxygens (including phenoxy) is 1. The third kappa shape index (κ3) is 2.86. The van der Waals surface area contributed by atoms with Crippen LogP contribution >= 0.6 is 0 Å². The molecule has 4 atom stereocenters. The van der Waals surface area contributed by atoms with Gasteiger partial charge >= 0.3 is 0 Å². The van der Waals surface area contributed by atoms with Crippen LogP contribution in [-0.2, 0) is 27.4 Å². The molecular weight excluding hydrogens is 377 g/mol. The van der Waals surface area contributed by atoms with Gasteiger partial charge in [0.15, 0.2) is 0 Å². The molecule has 1 aromatic heterocycles. The molecule has 150 valence electrons. The molecule has 0 unspecified atom stereocenters. The molecule has 8 heteroatoms. The molecule has 3 aliphatic heterocycles. The second-order valence-corrected chi connectivity index (χ2v) is 7.91. The van der Waals surface area contributed by atoms with E-state index in [1.165, 1.54) is 18.4 Å². The maximum absolute atomic E-state index is 13.2. The second-order valence-electron chi connectivity index (χ2n) is 7.91. The van der Waals surface area contributed by atoms with Gasteiger partial charge in [-0.3, -0.25) is 9.59 Å². The largest absolute Gasteiger partial charge is 0.364 e. The Kier molecular flexibility index (Phi) is 4.06. The van der Waals surface area contributed by atoms with Crippen molar-refractivity contribution >= 4 is 11.8 Å². The van der Waals surface area contributed by atoms with E-state index in [1.54, 1.807) is 35.0 Å². The standard InChI is InChI=1S/C21H20FN3O4/c1-24(11-15-7-9-28-23-15)19(26)17-16-6-8-21(29-16)12-25(20(27)18(17)21)10-13-2-4-14(22)5-3-13/h2-9,16-18H,10-12H2,1H3/t16-,17-,18+,21-/m0/s1. The molecule has 0 N–H and O–H groups in total. The van der Waals surface area contributed by atoms with E-state index in [1.807, 2.05) is 12.2 Å². The summed E-state index contributed by atoms with van der Waals surface area (Å²) in [6, 6.07) is 7.78. The molecule has 4 heterocycles. The topological polar surface area (TPSA) is 75.9 Å². The molecule has 2 fully saturated rings. The van der Waals surface area contributed by atoms with Crippen molar-refractivity contribution in [3.63, 3.8) is 0 Å². The van der Waals surface area contributed by atoms with Gasteiger partial charge in [0, 0.05) is 19.7 Å². The molecule has 29 heavy (non-hydrogen) atoms. The van der Waals surface area contributed by atoms with Crippen molar-refractivity contribution in [3.05, 3.63) is 65.8 Å². The Morgan fingerprint density at radius 1 is 1.34 bits per heavy atom. The number of carbonyl (C=O) groups excluding carboxylic acids is 2. The number of likely N-dealkylation sites (tertiary alicyclic amines) is 1. The highest BCUT2D eigenvalue weighted by molar-refractivity contribution is 5.93. The molecule has 5 rings (SSSR count). The molecule has 2 bridgehead atoms. The van der Waals surface area contributed by atoms with Crippen LogP contribution in [-0.4, -0.2) is 52.1 Å². The SMILES string of the molecule is CN(Cc1ccon1)C(=O)[C@H]1[C@@H]2C=C[C@@]3(CN(Cc4ccc(F)cc4)C(=O)[C@@H]13)O2. The molecular formula is C21H20FN3O4. The van der Waals surface area contributed by atoms with Crippen molar-refractivity contribution in [1.82, 2.24) is 15.0 Å². The third-order valence-corrected chi connectivity index (χ3v) is 6.02. The molecule has 2 amide bonds. The monoisotopic (exact) mass is 397 g/mol. The van der Waals surface area contributed by atoms with Gasteiger partial charge in [-0.2, -0.15) is 0 Å². The molecule has 0 radical (unpaired) electrons. The minimum Gasteiger partial charge on any atom is -0.364 e. The summed E-state index contributed by atoms with van der Waals surface area (Å²) in [4.78, 5) is 29.7. The highest BCUT2D eigenvalue weighted by Crippen LogP contribution is 2.52. The first-order valence-corrected chi connectivity index (χ1v) is 9.51. The maximum Gasteiger partial charge on any atom is 0.230 e. The molecule has 0 saturated carbocycles. The minimum atomic E-state index is -0.767. The van der Waals surface area contributed by atoms with E-state index >= 15 is 0 Å². The van der Waals surface area contributed by atoms with E-state index < -0.39 is 23.5 Å². The number of carbonyl (C=O) groups is 2. The number of benzene rings is 1. The molecule has 0 aliphatic carbocycles. The lowest BCUT2D eigenvalue weighted by atomic mass is 9.76. The van der Waals surface area contributed by atoms with Crippen LogP contribution in [0.25, 0.3) is 0 Å². The number of rotatable bonds is 5. The van der Waals surface area contributed by atoms with Crippen LogP contribution in [0.15, 0.2) is 53.3 Å². The smallest absolute Gasteiger partial charge is 0.230 e. The van der Waals surface area contributed by atoms with E-state index in [2.05, 4.69) is 5.16 Å². The highest BCUT2D eigenvalue weighted by Gasteiger charge is 2.67. The van der Waals surface area contributed by atoms with Crippen molar-refractivity contribution in [2.75, 3.05) is 13.6 Å². The lowest BCUT2D eigenvalue weighted by molar-refractivity contribution is -0.143. The first kappa shape index (κ1) is 18.1. The van der Waals surface area contributed by atoms with E-state index in [-0.39, 0.29) is 17.6 Å². The lowest BCUT2D eigenvalue weighted by Crippen LogP contribution is -2.44. The van der Waals surface area contributed by atoms with Crippen LogP contribution < -0.4 is 0 Å². The van der Waals surface area contributed by atoms with Crippen molar-refractivity contribution in [1.29, 1.82) is 0 Å². The van der Waals surface area contributed by atoms with Crippen molar-refractivity contribution < 1.29 is 23.2 Å². The van der Waals surface area contributed by atoms with Gasteiger partial charge in [0.2, 0.25) is 11.8 Å². The van der Waals surface area contributed by atoms with Crippen LogP contribution in [0.4, 0.5) is 4.39 Å². The van der Waals surface area contributed by atoms with Gasteiger partial charge in [0.1, 0.15) is 23.4 Å². The molecule has 7 nitrogen and oxygen atoms in total. The zero-order valence-electron chi connectivity index (χ0n) is 15.8. The Labute approximate surface area is 166 Å². The van der Waals surface area contributed by atoms with Crippen LogP contribution in [0.5, 0.6) is 0 Å². The second kappa shape index (κ2) is 6.52. The summed E-state index contributed by atoms with van der Waals surface area (Å²) in [6.07, 6.45) is 4.87. The summed E-state index contributed by atoms with van der Waals surface area (Å²) in [6.45, 7) is 1.04. The third-order valence-electron chi connectivity index (χ3n) is 6.02. The number of fused-ring (bicyclic) bond motifs is 1. The molecule has 1 spiro atoms. The molecule has 2 saturated heterocycles. The fraction of sp³-hybridized carbons (Fsp3) is 0.381. The Morgan fingerprint density at radius 3 is 2.86 bits per heavy atom. The zero-order chi connectivity index (χ0) is 20.2. The summed E-state index contributed by atoms with van der Waals surface area (Å²) in [5, 5.41) is 3.84. The lowest BCUT2D eigenvalue weighted by Gasteiger charge is -2.27. The predicted molar refractivity (Wildman–Crippen MR) is 98.5 cm³/mol. The molecule has 3 aliphatic rings. The van der Waals surface area contributed by atoms with Gasteiger partial charge < -0.3 is 19.1 Å². The Bertz CT molecular complexity index is 974. The fourth-order valence-electron chi connectivity index (χ4n) is 4.70. The van der Waals surface area contributed by atoms with Gasteiger partial charge in [0.25, 0.3) is 0 Å². The Balaban J connectivity index is 1.36. The van der Waals surface area contributed by atoms with Crippen LogP contribution in [0.3, 0.4) is 0 Å². The highest BCUT2D eigenvalue weighted by atomic mass is 19.1. The van der Waals surface area contributed by atoms with Crippen molar-refractivity contribution in [2.24, 2.45) is 11.8 Å². The number of amides is 2. The molecule has 2 aromatic rings. The predicted octanol–water partition coefficient (Wildman–Crippen LogP) is 1.75. The summed E-state index contributed by atoms with van der Waals surface area (Å²) in [5.74, 6) is -1.68. The first-order chi connectivity index (χ1) is 14.0. The van der Waals surface area contributed by atoms with Crippen molar-refractivity contribution in [3.8, 4) is 0 Å². The number of hydrogen-bond donors (Lipinski definition) is 0. The average molecular weight is 397 g/mol. The van der Waals surface area contributed by atoms with E-state index in [9.17, 15) is 14.0 Å². The van der Waals surface area contributed by atoms with E-state index in [0.717, 1.165) is 5.56 Å². The van der Waals surface area contributed by atoms with Crippen LogP contribution in [0.1, 0.15) is 11.3 Å². The number of hydrogen-bond acceptors (Lipinski definition) is 5. The Hall–Kier alpha value is -3.00. The summed E-state index contributed by atoms with van der Waals surface area (Å²) < 4.78 is 24.1. The van der Waals surface area contributed by atoms with Gasteiger partial charge in [-0.1, -0.05) is 29.4 Å².